The number of likely N-dealkylation sites (N-methyl/N-ethyl adjacent to an activating group) is 1. The lowest BCUT2D eigenvalue weighted by Crippen LogP contribution is -2.38. The van der Waals surface area contributed by atoms with Crippen molar-refractivity contribution in [3.05, 3.63) is 41.0 Å². The van der Waals surface area contributed by atoms with Crippen LogP contribution >= 0.6 is 0 Å². The van der Waals surface area contributed by atoms with Gasteiger partial charge < -0.3 is 4.74 Å². The van der Waals surface area contributed by atoms with Crippen LogP contribution in [0.4, 0.5) is 0 Å². The van der Waals surface area contributed by atoms with Gasteiger partial charge in [-0.1, -0.05) is 23.3 Å². The second-order valence-electron chi connectivity index (χ2n) is 5.26. The highest BCUT2D eigenvalue weighted by Gasteiger charge is 2.22. The molecule has 2 nitrogen and oxygen atoms in total. The fourth-order valence-corrected chi connectivity index (χ4v) is 2.61. The van der Waals surface area contributed by atoms with Crippen molar-refractivity contribution >= 4 is 0 Å². The molecule has 18 heavy (non-hydrogen) atoms. The average molecular weight is 245 g/mol. The van der Waals surface area contributed by atoms with Crippen LogP contribution in [-0.4, -0.2) is 31.6 Å². The number of ether oxygens (including phenoxy) is 1. The lowest BCUT2D eigenvalue weighted by Gasteiger charge is -2.34. The molecule has 2 heteroatoms. The molecule has 0 aromatic heterocycles. The quantitative estimate of drug-likeness (QED) is 0.758. The maximum Gasteiger partial charge on any atom is 0.118 e. The van der Waals surface area contributed by atoms with Crippen LogP contribution in [-0.2, 0) is 6.42 Å². The van der Waals surface area contributed by atoms with Gasteiger partial charge in [0.15, 0.2) is 0 Å². The van der Waals surface area contributed by atoms with E-state index in [0.29, 0.717) is 6.04 Å². The second kappa shape index (κ2) is 5.57. The molecule has 0 saturated heterocycles. The Labute approximate surface area is 110 Å². The van der Waals surface area contributed by atoms with Crippen molar-refractivity contribution in [3.63, 3.8) is 0 Å². The van der Waals surface area contributed by atoms with Gasteiger partial charge in [-0.2, -0.15) is 0 Å². The molecular weight excluding hydrogens is 222 g/mol. The van der Waals surface area contributed by atoms with E-state index in [-0.39, 0.29) is 0 Å². The molecule has 1 aliphatic heterocycles. The lowest BCUT2D eigenvalue weighted by atomic mass is 9.91. The number of methoxy groups -OCH3 is 1. The van der Waals surface area contributed by atoms with E-state index in [2.05, 4.69) is 37.9 Å². The summed E-state index contributed by atoms with van der Waals surface area (Å²) in [6.45, 7) is 5.71. The summed E-state index contributed by atoms with van der Waals surface area (Å²) in [5.41, 5.74) is 4.48. The van der Waals surface area contributed by atoms with E-state index in [1.165, 1.54) is 18.5 Å². The molecule has 0 saturated carbocycles. The number of nitrogens with zero attached hydrogens (tertiary/aromatic N) is 1. The van der Waals surface area contributed by atoms with Crippen molar-refractivity contribution < 1.29 is 4.74 Å². The van der Waals surface area contributed by atoms with E-state index >= 15 is 0 Å². The van der Waals surface area contributed by atoms with E-state index in [9.17, 15) is 0 Å². The third-order valence-corrected chi connectivity index (χ3v) is 4.13. The monoisotopic (exact) mass is 245 g/mol. The van der Waals surface area contributed by atoms with Crippen molar-refractivity contribution in [2.24, 2.45) is 0 Å². The van der Waals surface area contributed by atoms with Gasteiger partial charge in [-0.25, -0.2) is 0 Å². The van der Waals surface area contributed by atoms with Crippen LogP contribution in [0.3, 0.4) is 0 Å². The molecule has 0 amide bonds. The van der Waals surface area contributed by atoms with Gasteiger partial charge in [0.1, 0.15) is 5.75 Å². The summed E-state index contributed by atoms with van der Waals surface area (Å²) in [4.78, 5) is 2.46. The minimum absolute atomic E-state index is 0.548. The van der Waals surface area contributed by atoms with Gasteiger partial charge in [-0.3, -0.25) is 4.90 Å². The molecule has 1 heterocycles. The Morgan fingerprint density at radius 3 is 2.50 bits per heavy atom. The Balaban J connectivity index is 2.14. The summed E-state index contributed by atoms with van der Waals surface area (Å²) >= 11 is 0. The molecule has 0 aliphatic carbocycles. The number of benzene rings is 1. The van der Waals surface area contributed by atoms with E-state index in [0.717, 1.165) is 12.2 Å². The Morgan fingerprint density at radius 1 is 1.22 bits per heavy atom. The molecule has 1 aromatic rings. The third kappa shape index (κ3) is 2.75. The zero-order chi connectivity index (χ0) is 13.1. The van der Waals surface area contributed by atoms with Crippen LogP contribution < -0.4 is 4.74 Å². The van der Waals surface area contributed by atoms with E-state index in [1.54, 1.807) is 18.3 Å². The lowest BCUT2D eigenvalue weighted by molar-refractivity contribution is 0.255. The fraction of sp³-hybridized carbons (Fsp3) is 0.500. The summed E-state index contributed by atoms with van der Waals surface area (Å²) in [6, 6.07) is 8.98. The summed E-state index contributed by atoms with van der Waals surface area (Å²) in [5, 5.41) is 0. The second-order valence-corrected chi connectivity index (χ2v) is 5.26. The first-order valence-electron chi connectivity index (χ1n) is 6.61. The molecule has 2 rings (SSSR count). The summed E-state index contributed by atoms with van der Waals surface area (Å²) in [7, 11) is 3.93. The third-order valence-electron chi connectivity index (χ3n) is 4.13. The van der Waals surface area contributed by atoms with Gasteiger partial charge in [0.25, 0.3) is 0 Å². The average Bonchev–Trinajstić information content (AvgIpc) is 2.40. The Kier molecular flexibility index (Phi) is 4.07. The molecule has 0 fully saturated rings. The normalized spacial score (nSPS) is 21.2. The SMILES string of the molecule is COc1ccc(C[C@@H]2C(C)=C(C)CCN2C)cc1. The van der Waals surface area contributed by atoms with Crippen LogP contribution in [0.2, 0.25) is 0 Å². The van der Waals surface area contributed by atoms with Crippen LogP contribution in [0, 0.1) is 0 Å². The molecule has 0 radical (unpaired) electrons. The summed E-state index contributed by atoms with van der Waals surface area (Å²) in [6.07, 6.45) is 2.30. The summed E-state index contributed by atoms with van der Waals surface area (Å²) < 4.78 is 5.20. The standard InChI is InChI=1S/C16H23NO/c1-12-9-10-17(3)16(13(12)2)11-14-5-7-15(18-4)8-6-14/h5-8,16H,9-11H2,1-4H3/t16-/m1/s1. The van der Waals surface area contributed by atoms with Crippen LogP contribution in [0.15, 0.2) is 35.4 Å². The first kappa shape index (κ1) is 13.2. The van der Waals surface area contributed by atoms with E-state index in [4.69, 9.17) is 4.74 Å². The van der Waals surface area contributed by atoms with E-state index in [1.807, 2.05) is 12.1 Å². The zero-order valence-electron chi connectivity index (χ0n) is 11.9. The minimum Gasteiger partial charge on any atom is -0.497 e. The van der Waals surface area contributed by atoms with Gasteiger partial charge >= 0.3 is 0 Å². The molecule has 0 N–H and O–H groups in total. The molecule has 98 valence electrons. The van der Waals surface area contributed by atoms with Gasteiger partial charge in [0, 0.05) is 12.6 Å². The molecule has 0 spiro atoms. The highest BCUT2D eigenvalue weighted by atomic mass is 16.5. The number of hydrogen-bond acceptors (Lipinski definition) is 2. The van der Waals surface area contributed by atoms with Gasteiger partial charge in [-0.05, 0) is 51.4 Å². The Bertz CT molecular complexity index is 433. The van der Waals surface area contributed by atoms with Crippen molar-refractivity contribution in [2.45, 2.75) is 32.7 Å². The Hall–Kier alpha value is -1.28. The predicted octanol–water partition coefficient (Wildman–Crippen LogP) is 3.28. The first-order valence-corrected chi connectivity index (χ1v) is 6.61. The Morgan fingerprint density at radius 2 is 1.89 bits per heavy atom. The molecule has 0 unspecified atom stereocenters. The smallest absolute Gasteiger partial charge is 0.118 e. The van der Waals surface area contributed by atoms with Gasteiger partial charge in [-0.15, -0.1) is 0 Å². The van der Waals surface area contributed by atoms with Crippen molar-refractivity contribution in [2.75, 3.05) is 20.7 Å². The van der Waals surface area contributed by atoms with Gasteiger partial charge in [0.2, 0.25) is 0 Å². The minimum atomic E-state index is 0.548. The topological polar surface area (TPSA) is 12.5 Å². The van der Waals surface area contributed by atoms with E-state index < -0.39 is 0 Å². The first-order chi connectivity index (χ1) is 8.61. The van der Waals surface area contributed by atoms with Crippen molar-refractivity contribution in [1.29, 1.82) is 0 Å². The maximum atomic E-state index is 5.20. The highest BCUT2D eigenvalue weighted by molar-refractivity contribution is 5.30. The zero-order valence-corrected chi connectivity index (χ0v) is 11.9. The molecular formula is C16H23NO. The molecule has 1 atom stereocenters. The largest absolute Gasteiger partial charge is 0.497 e. The molecule has 0 bridgehead atoms. The number of hydrogen-bond donors (Lipinski definition) is 0. The summed E-state index contributed by atoms with van der Waals surface area (Å²) in [5.74, 6) is 0.930. The van der Waals surface area contributed by atoms with Crippen LogP contribution in [0.1, 0.15) is 25.8 Å². The predicted molar refractivity (Wildman–Crippen MR) is 76.1 cm³/mol. The van der Waals surface area contributed by atoms with Crippen LogP contribution in [0.25, 0.3) is 0 Å². The molecule has 1 aromatic carbocycles. The highest BCUT2D eigenvalue weighted by Crippen LogP contribution is 2.25. The molecule has 1 aliphatic rings. The fourth-order valence-electron chi connectivity index (χ4n) is 2.61. The van der Waals surface area contributed by atoms with Crippen molar-refractivity contribution in [1.82, 2.24) is 4.90 Å². The number of rotatable bonds is 3. The maximum absolute atomic E-state index is 5.20. The van der Waals surface area contributed by atoms with Gasteiger partial charge in [0.05, 0.1) is 7.11 Å². The van der Waals surface area contributed by atoms with Crippen LogP contribution in [0.5, 0.6) is 5.75 Å². The van der Waals surface area contributed by atoms with Crippen molar-refractivity contribution in [3.8, 4) is 5.75 Å².